The molecule has 0 saturated carbocycles. The fourth-order valence-corrected chi connectivity index (χ4v) is 4.62. The number of nitrogens with one attached hydrogen (secondary N) is 1. The Morgan fingerprint density at radius 2 is 1.66 bits per heavy atom. The summed E-state index contributed by atoms with van der Waals surface area (Å²) in [5.74, 6) is 0.563. The summed E-state index contributed by atoms with van der Waals surface area (Å²) in [7, 11) is 0. The maximum absolute atomic E-state index is 12.5. The molecule has 0 aliphatic carbocycles. The monoisotopic (exact) mass is 444 g/mol. The van der Waals surface area contributed by atoms with Gasteiger partial charge in [-0.25, -0.2) is 4.98 Å². The van der Waals surface area contributed by atoms with Crippen LogP contribution in [0.25, 0.3) is 20.8 Å². The molecule has 1 N–H and O–H groups in total. The van der Waals surface area contributed by atoms with Crippen LogP contribution in [0.1, 0.15) is 37.5 Å². The van der Waals surface area contributed by atoms with Crippen LogP contribution in [0.2, 0.25) is 0 Å². The van der Waals surface area contributed by atoms with Gasteiger partial charge in [0.25, 0.3) is 5.91 Å². The van der Waals surface area contributed by atoms with Gasteiger partial charge in [0.1, 0.15) is 10.8 Å². The summed E-state index contributed by atoms with van der Waals surface area (Å²) < 4.78 is 7.05. The van der Waals surface area contributed by atoms with Crippen molar-refractivity contribution in [1.29, 1.82) is 0 Å². The van der Waals surface area contributed by atoms with Crippen molar-refractivity contribution in [3.63, 3.8) is 0 Å². The van der Waals surface area contributed by atoms with Crippen LogP contribution in [-0.4, -0.2) is 17.5 Å². The van der Waals surface area contributed by atoms with Crippen LogP contribution in [0.15, 0.2) is 60.7 Å². The molecule has 4 nitrogen and oxygen atoms in total. The molecule has 4 aromatic rings. The average molecular weight is 445 g/mol. The molecule has 0 aliphatic heterocycles. The highest BCUT2D eigenvalue weighted by Gasteiger charge is 2.19. The van der Waals surface area contributed by atoms with E-state index in [0.717, 1.165) is 33.1 Å². The first-order valence-electron chi connectivity index (χ1n) is 10.7. The van der Waals surface area contributed by atoms with E-state index in [4.69, 9.17) is 9.72 Å². The molecule has 3 aromatic carbocycles. The SMILES string of the molecule is Cc1ccc(OCC(=O)Nc2ccc(-c3nc4ccc(C)cc4s3)cc2)c(C(C)(C)C)c1. The first-order valence-corrected chi connectivity index (χ1v) is 11.5. The molecule has 1 heterocycles. The van der Waals surface area contributed by atoms with E-state index in [9.17, 15) is 4.79 Å². The molecule has 1 aromatic heterocycles. The van der Waals surface area contributed by atoms with E-state index in [-0.39, 0.29) is 17.9 Å². The Bertz CT molecular complexity index is 1270. The van der Waals surface area contributed by atoms with Crippen LogP contribution in [0, 0.1) is 13.8 Å². The topological polar surface area (TPSA) is 51.2 Å². The standard InChI is InChI=1S/C27H28N2O2S/c1-17-7-13-23(21(14-17)27(3,4)5)31-16-25(30)28-20-10-8-19(9-11-20)26-29-22-12-6-18(2)15-24(22)32-26/h6-15H,16H2,1-5H3,(H,28,30). The Morgan fingerprint density at radius 1 is 0.969 bits per heavy atom. The molecule has 32 heavy (non-hydrogen) atoms. The average Bonchev–Trinajstić information content (AvgIpc) is 3.16. The van der Waals surface area contributed by atoms with Gasteiger partial charge < -0.3 is 10.1 Å². The fraction of sp³-hybridized carbons (Fsp3) is 0.259. The summed E-state index contributed by atoms with van der Waals surface area (Å²) in [4.78, 5) is 17.2. The van der Waals surface area contributed by atoms with Crippen LogP contribution in [0.3, 0.4) is 0 Å². The number of aryl methyl sites for hydroxylation is 2. The van der Waals surface area contributed by atoms with Crippen molar-refractivity contribution in [1.82, 2.24) is 4.98 Å². The predicted molar refractivity (Wildman–Crippen MR) is 134 cm³/mol. The Hall–Kier alpha value is -3.18. The number of ether oxygens (including phenoxy) is 1. The van der Waals surface area contributed by atoms with Crippen LogP contribution in [0.4, 0.5) is 5.69 Å². The van der Waals surface area contributed by atoms with Crippen molar-refractivity contribution in [2.24, 2.45) is 0 Å². The van der Waals surface area contributed by atoms with Crippen molar-refractivity contribution in [2.45, 2.75) is 40.0 Å². The van der Waals surface area contributed by atoms with Gasteiger partial charge >= 0.3 is 0 Å². The van der Waals surface area contributed by atoms with Crippen LogP contribution >= 0.6 is 11.3 Å². The summed E-state index contributed by atoms with van der Waals surface area (Å²) >= 11 is 1.68. The van der Waals surface area contributed by atoms with Crippen LogP contribution in [-0.2, 0) is 10.2 Å². The molecule has 0 aliphatic rings. The van der Waals surface area contributed by atoms with Gasteiger partial charge in [0.05, 0.1) is 10.2 Å². The van der Waals surface area contributed by atoms with E-state index in [1.165, 1.54) is 15.8 Å². The van der Waals surface area contributed by atoms with E-state index in [0.29, 0.717) is 0 Å². The lowest BCUT2D eigenvalue weighted by Gasteiger charge is -2.23. The second kappa shape index (κ2) is 8.75. The number of hydrogen-bond acceptors (Lipinski definition) is 4. The zero-order valence-corrected chi connectivity index (χ0v) is 20.0. The zero-order valence-electron chi connectivity index (χ0n) is 19.2. The number of nitrogens with zero attached hydrogens (tertiary/aromatic N) is 1. The number of amides is 1. The van der Waals surface area contributed by atoms with Gasteiger partial charge in [-0.3, -0.25) is 4.79 Å². The highest BCUT2D eigenvalue weighted by Crippen LogP contribution is 2.33. The van der Waals surface area contributed by atoms with Crippen molar-refractivity contribution in [3.8, 4) is 16.3 Å². The van der Waals surface area contributed by atoms with E-state index in [1.54, 1.807) is 11.3 Å². The Kier molecular flexibility index (Phi) is 6.02. The van der Waals surface area contributed by atoms with Gasteiger partial charge in [-0.15, -0.1) is 11.3 Å². The minimum atomic E-state index is -0.186. The van der Waals surface area contributed by atoms with E-state index < -0.39 is 0 Å². The summed E-state index contributed by atoms with van der Waals surface area (Å²) in [6.45, 7) is 10.5. The normalized spacial score (nSPS) is 11.5. The second-order valence-electron chi connectivity index (χ2n) is 9.15. The summed E-state index contributed by atoms with van der Waals surface area (Å²) in [6, 6.07) is 20.1. The number of carbonyl (C=O) groups excluding carboxylic acids is 1. The van der Waals surface area contributed by atoms with Gasteiger partial charge in [-0.2, -0.15) is 0 Å². The predicted octanol–water partition coefficient (Wildman–Crippen LogP) is 6.90. The quantitative estimate of drug-likeness (QED) is 0.364. The van der Waals surface area contributed by atoms with Crippen molar-refractivity contribution < 1.29 is 9.53 Å². The molecule has 0 fully saturated rings. The minimum Gasteiger partial charge on any atom is -0.483 e. The van der Waals surface area contributed by atoms with Crippen molar-refractivity contribution >= 4 is 33.1 Å². The second-order valence-corrected chi connectivity index (χ2v) is 10.2. The molecular weight excluding hydrogens is 416 g/mol. The number of hydrogen-bond donors (Lipinski definition) is 1. The molecule has 0 saturated heterocycles. The van der Waals surface area contributed by atoms with Crippen LogP contribution in [0.5, 0.6) is 5.75 Å². The van der Waals surface area contributed by atoms with E-state index in [1.807, 2.05) is 36.4 Å². The van der Waals surface area contributed by atoms with E-state index in [2.05, 4.69) is 64.2 Å². The molecule has 0 bridgehead atoms. The molecular formula is C27H28N2O2S. The molecule has 0 unspecified atom stereocenters. The number of rotatable bonds is 5. The van der Waals surface area contributed by atoms with Gasteiger partial charge in [-0.1, -0.05) is 44.5 Å². The highest BCUT2D eigenvalue weighted by atomic mass is 32.1. The van der Waals surface area contributed by atoms with Crippen molar-refractivity contribution in [3.05, 3.63) is 77.4 Å². The lowest BCUT2D eigenvalue weighted by Crippen LogP contribution is -2.22. The number of benzene rings is 3. The molecule has 0 radical (unpaired) electrons. The third kappa shape index (κ3) is 5.00. The number of anilines is 1. The van der Waals surface area contributed by atoms with Gasteiger partial charge in [0.2, 0.25) is 0 Å². The fourth-order valence-electron chi connectivity index (χ4n) is 3.55. The molecule has 0 atom stereocenters. The maximum atomic E-state index is 12.5. The molecule has 0 spiro atoms. The Balaban J connectivity index is 1.41. The largest absolute Gasteiger partial charge is 0.483 e. The van der Waals surface area contributed by atoms with E-state index >= 15 is 0 Å². The number of carbonyl (C=O) groups is 1. The van der Waals surface area contributed by atoms with Gasteiger partial charge in [0, 0.05) is 11.3 Å². The highest BCUT2D eigenvalue weighted by molar-refractivity contribution is 7.21. The number of fused-ring (bicyclic) bond motifs is 1. The third-order valence-electron chi connectivity index (χ3n) is 5.26. The first kappa shape index (κ1) is 22.0. The summed E-state index contributed by atoms with van der Waals surface area (Å²) in [5, 5.41) is 3.89. The van der Waals surface area contributed by atoms with Crippen molar-refractivity contribution in [2.75, 3.05) is 11.9 Å². The Morgan fingerprint density at radius 3 is 2.38 bits per heavy atom. The smallest absolute Gasteiger partial charge is 0.262 e. The number of thiazole rings is 1. The molecule has 164 valence electrons. The molecule has 1 amide bonds. The molecule has 5 heteroatoms. The summed E-state index contributed by atoms with van der Waals surface area (Å²) in [6.07, 6.45) is 0. The lowest BCUT2D eigenvalue weighted by molar-refractivity contribution is -0.118. The third-order valence-corrected chi connectivity index (χ3v) is 6.33. The number of aromatic nitrogens is 1. The minimum absolute atomic E-state index is 0.0366. The molecule has 4 rings (SSSR count). The first-order chi connectivity index (χ1) is 15.2. The van der Waals surface area contributed by atoms with Crippen LogP contribution < -0.4 is 10.1 Å². The maximum Gasteiger partial charge on any atom is 0.262 e. The zero-order chi connectivity index (χ0) is 22.9. The van der Waals surface area contributed by atoms with Gasteiger partial charge in [-0.05, 0) is 72.9 Å². The lowest BCUT2D eigenvalue weighted by atomic mass is 9.85. The van der Waals surface area contributed by atoms with Gasteiger partial charge in [0.15, 0.2) is 6.61 Å². The summed E-state index contributed by atoms with van der Waals surface area (Å²) in [5.41, 5.74) is 6.22. The Labute approximate surface area is 193 Å².